The first-order chi connectivity index (χ1) is 7.61. The molecule has 2 rings (SSSR count). The lowest BCUT2D eigenvalue weighted by molar-refractivity contribution is 0.584. The maximum atomic E-state index is 13.5. The number of rotatable bonds is 2. The summed E-state index contributed by atoms with van der Waals surface area (Å²) < 4.78 is 27.8. The van der Waals surface area contributed by atoms with Crippen molar-refractivity contribution in [3.8, 4) is 11.3 Å². The molecule has 0 bridgehead atoms. The molecule has 0 spiro atoms. The Morgan fingerprint density at radius 1 is 1.25 bits per heavy atom. The van der Waals surface area contributed by atoms with Crippen LogP contribution in [0.1, 0.15) is 0 Å². The molecule has 0 unspecified atom stereocenters. The van der Waals surface area contributed by atoms with Gasteiger partial charge >= 0.3 is 0 Å². The first-order valence-corrected chi connectivity index (χ1v) is 4.79. The summed E-state index contributed by atoms with van der Waals surface area (Å²) in [7, 11) is 3.44. The Morgan fingerprint density at radius 3 is 2.56 bits per heavy atom. The molecule has 1 heterocycles. The third-order valence-electron chi connectivity index (χ3n) is 2.34. The molecule has 0 atom stereocenters. The fraction of sp³-hybridized carbons (Fsp3) is 0.182. The van der Waals surface area contributed by atoms with Crippen molar-refractivity contribution in [1.29, 1.82) is 0 Å². The van der Waals surface area contributed by atoms with E-state index in [9.17, 15) is 8.78 Å². The van der Waals surface area contributed by atoms with E-state index in [1.165, 1.54) is 12.1 Å². The minimum Gasteiger partial charge on any atom is -0.372 e. The van der Waals surface area contributed by atoms with Gasteiger partial charge in [0.1, 0.15) is 17.5 Å². The zero-order chi connectivity index (χ0) is 11.7. The summed E-state index contributed by atoms with van der Waals surface area (Å²) in [4.78, 5) is 0. The highest BCUT2D eigenvalue weighted by molar-refractivity contribution is 5.64. The average Bonchev–Trinajstić information content (AvgIpc) is 2.60. The molecule has 2 aromatic rings. The van der Waals surface area contributed by atoms with Crippen LogP contribution in [-0.2, 0) is 7.05 Å². The van der Waals surface area contributed by atoms with E-state index in [0.717, 1.165) is 6.07 Å². The predicted octanol–water partition coefficient (Wildman–Crippen LogP) is 2.41. The monoisotopic (exact) mass is 223 g/mol. The van der Waals surface area contributed by atoms with Crippen molar-refractivity contribution in [3.63, 3.8) is 0 Å². The normalized spacial score (nSPS) is 10.5. The van der Waals surface area contributed by atoms with Gasteiger partial charge in [-0.1, -0.05) is 0 Å². The summed E-state index contributed by atoms with van der Waals surface area (Å²) in [6.07, 6.45) is 0. The molecule has 0 radical (unpaired) electrons. The Morgan fingerprint density at radius 2 is 2.00 bits per heavy atom. The Labute approximate surface area is 91.7 Å². The minimum atomic E-state index is -0.592. The molecule has 0 fully saturated rings. The van der Waals surface area contributed by atoms with Crippen LogP contribution in [0, 0.1) is 11.6 Å². The van der Waals surface area contributed by atoms with E-state index in [1.807, 2.05) is 0 Å². The lowest BCUT2D eigenvalue weighted by Crippen LogP contribution is -1.96. The van der Waals surface area contributed by atoms with E-state index in [2.05, 4.69) is 10.4 Å². The van der Waals surface area contributed by atoms with Crippen LogP contribution in [-0.4, -0.2) is 16.8 Å². The highest BCUT2D eigenvalue weighted by Crippen LogP contribution is 2.25. The van der Waals surface area contributed by atoms with Crippen molar-refractivity contribution in [1.82, 2.24) is 9.78 Å². The van der Waals surface area contributed by atoms with E-state index in [0.29, 0.717) is 17.1 Å². The van der Waals surface area contributed by atoms with Gasteiger partial charge < -0.3 is 5.32 Å². The number of benzene rings is 1. The third kappa shape index (κ3) is 1.76. The molecule has 1 aromatic carbocycles. The van der Waals surface area contributed by atoms with Crippen molar-refractivity contribution < 1.29 is 8.78 Å². The smallest absolute Gasteiger partial charge is 0.148 e. The molecule has 84 valence electrons. The van der Waals surface area contributed by atoms with Gasteiger partial charge in [-0.15, -0.1) is 0 Å². The number of nitrogens with zero attached hydrogens (tertiary/aromatic N) is 2. The van der Waals surface area contributed by atoms with Crippen molar-refractivity contribution in [2.24, 2.45) is 7.05 Å². The van der Waals surface area contributed by atoms with Gasteiger partial charge in [-0.05, 0) is 12.1 Å². The van der Waals surface area contributed by atoms with Crippen LogP contribution in [0.25, 0.3) is 11.3 Å². The summed E-state index contributed by atoms with van der Waals surface area (Å²) >= 11 is 0. The number of hydrogen-bond acceptors (Lipinski definition) is 2. The zero-order valence-electron chi connectivity index (χ0n) is 8.96. The fourth-order valence-electron chi connectivity index (χ4n) is 1.54. The van der Waals surface area contributed by atoms with Gasteiger partial charge in [0, 0.05) is 31.8 Å². The molecular weight excluding hydrogens is 212 g/mol. The van der Waals surface area contributed by atoms with Gasteiger partial charge in [0.2, 0.25) is 0 Å². The molecule has 16 heavy (non-hydrogen) atoms. The van der Waals surface area contributed by atoms with E-state index in [1.54, 1.807) is 24.8 Å². The predicted molar refractivity (Wildman–Crippen MR) is 58.1 cm³/mol. The van der Waals surface area contributed by atoms with Gasteiger partial charge in [-0.3, -0.25) is 4.68 Å². The largest absolute Gasteiger partial charge is 0.372 e. The molecule has 3 nitrogen and oxygen atoms in total. The van der Waals surface area contributed by atoms with E-state index in [4.69, 9.17) is 0 Å². The second-order valence-corrected chi connectivity index (χ2v) is 3.41. The van der Waals surface area contributed by atoms with Gasteiger partial charge in [-0.2, -0.15) is 5.10 Å². The molecule has 0 aliphatic heterocycles. The first-order valence-electron chi connectivity index (χ1n) is 4.79. The van der Waals surface area contributed by atoms with Crippen LogP contribution in [0.3, 0.4) is 0 Å². The minimum absolute atomic E-state index is 0.331. The number of aromatic nitrogens is 2. The van der Waals surface area contributed by atoms with Crippen LogP contribution in [0.4, 0.5) is 14.6 Å². The summed E-state index contributed by atoms with van der Waals surface area (Å²) in [6, 6.07) is 5.20. The van der Waals surface area contributed by atoms with Crippen molar-refractivity contribution >= 4 is 5.82 Å². The molecule has 1 aromatic heterocycles. The van der Waals surface area contributed by atoms with Gasteiger partial charge in [0.15, 0.2) is 0 Å². The first kappa shape index (κ1) is 10.6. The number of anilines is 1. The quantitative estimate of drug-likeness (QED) is 0.847. The van der Waals surface area contributed by atoms with Gasteiger partial charge in [0.25, 0.3) is 0 Å². The molecule has 1 N–H and O–H groups in total. The zero-order valence-corrected chi connectivity index (χ0v) is 8.96. The average molecular weight is 223 g/mol. The van der Waals surface area contributed by atoms with E-state index < -0.39 is 11.6 Å². The third-order valence-corrected chi connectivity index (χ3v) is 2.34. The molecule has 0 saturated heterocycles. The number of hydrogen-bond donors (Lipinski definition) is 1. The number of halogens is 2. The van der Waals surface area contributed by atoms with E-state index in [-0.39, 0.29) is 0 Å². The maximum absolute atomic E-state index is 13.5. The summed E-state index contributed by atoms with van der Waals surface area (Å²) in [5, 5.41) is 6.97. The van der Waals surface area contributed by atoms with Gasteiger partial charge in [0.05, 0.1) is 5.69 Å². The summed E-state index contributed by atoms with van der Waals surface area (Å²) in [6.45, 7) is 0. The van der Waals surface area contributed by atoms with Crippen LogP contribution in [0.2, 0.25) is 0 Å². The molecule has 0 aliphatic rings. The molecule has 0 aliphatic carbocycles. The highest BCUT2D eigenvalue weighted by atomic mass is 19.1. The lowest BCUT2D eigenvalue weighted by atomic mass is 10.1. The van der Waals surface area contributed by atoms with Crippen LogP contribution in [0.5, 0.6) is 0 Å². The molecule has 0 amide bonds. The van der Waals surface area contributed by atoms with Crippen LogP contribution < -0.4 is 5.32 Å². The fourth-order valence-corrected chi connectivity index (χ4v) is 1.54. The SMILES string of the molecule is CNc1cc(-c2ccc(F)cc2F)n(C)n1. The van der Waals surface area contributed by atoms with Crippen molar-refractivity contribution in [3.05, 3.63) is 35.9 Å². The van der Waals surface area contributed by atoms with Crippen molar-refractivity contribution in [2.45, 2.75) is 0 Å². The Kier molecular flexibility index (Phi) is 2.60. The number of nitrogens with one attached hydrogen (secondary N) is 1. The summed E-state index contributed by atoms with van der Waals surface area (Å²) in [5.74, 6) is -0.538. The molecule has 0 saturated carbocycles. The Bertz CT molecular complexity index is 520. The number of aryl methyl sites for hydroxylation is 1. The maximum Gasteiger partial charge on any atom is 0.148 e. The highest BCUT2D eigenvalue weighted by Gasteiger charge is 2.11. The second-order valence-electron chi connectivity index (χ2n) is 3.41. The molecule has 5 heteroatoms. The lowest BCUT2D eigenvalue weighted by Gasteiger charge is -2.02. The topological polar surface area (TPSA) is 29.9 Å². The van der Waals surface area contributed by atoms with Crippen molar-refractivity contribution in [2.75, 3.05) is 12.4 Å². The van der Waals surface area contributed by atoms with Gasteiger partial charge in [-0.25, -0.2) is 8.78 Å². The van der Waals surface area contributed by atoms with Crippen LogP contribution >= 0.6 is 0 Å². The second kappa shape index (κ2) is 3.92. The van der Waals surface area contributed by atoms with Crippen LogP contribution in [0.15, 0.2) is 24.3 Å². The Hall–Kier alpha value is -1.91. The van der Waals surface area contributed by atoms with E-state index >= 15 is 0 Å². The standard InChI is InChI=1S/C11H11F2N3/c1-14-11-6-10(16(2)15-11)8-4-3-7(12)5-9(8)13/h3-6H,1-2H3,(H,14,15). The Balaban J connectivity index is 2.53. The molecular formula is C11H11F2N3. The summed E-state index contributed by atoms with van der Waals surface area (Å²) in [5.41, 5.74) is 0.930.